The van der Waals surface area contributed by atoms with Crippen LogP contribution in [-0.2, 0) is 12.8 Å². The zero-order valence-corrected chi connectivity index (χ0v) is 14.1. The molecule has 0 amide bonds. The predicted molar refractivity (Wildman–Crippen MR) is 91.5 cm³/mol. The monoisotopic (exact) mass is 324 g/mol. The average Bonchev–Trinajstić information content (AvgIpc) is 3.10. The predicted octanol–water partition coefficient (Wildman–Crippen LogP) is 3.91. The molecule has 5 nitrogen and oxygen atoms in total. The second-order valence-corrected chi connectivity index (χ2v) is 5.43. The minimum Gasteiger partial charge on any atom is -0.493 e. The first-order valence-corrected chi connectivity index (χ1v) is 7.86. The van der Waals surface area contributed by atoms with Crippen LogP contribution in [0.25, 0.3) is 11.5 Å². The number of methoxy groups -OCH3 is 2. The van der Waals surface area contributed by atoms with Gasteiger partial charge < -0.3 is 14.0 Å². The molecule has 0 saturated carbocycles. The van der Waals surface area contributed by atoms with Crippen LogP contribution in [0.3, 0.4) is 0 Å². The number of rotatable bonds is 6. The quantitative estimate of drug-likeness (QED) is 0.688. The van der Waals surface area contributed by atoms with Crippen molar-refractivity contribution in [3.63, 3.8) is 0 Å². The van der Waals surface area contributed by atoms with Crippen LogP contribution in [-0.4, -0.2) is 24.4 Å². The van der Waals surface area contributed by atoms with Crippen LogP contribution in [0.1, 0.15) is 23.9 Å². The Hall–Kier alpha value is -2.82. The number of benzene rings is 2. The van der Waals surface area contributed by atoms with Gasteiger partial charge >= 0.3 is 0 Å². The van der Waals surface area contributed by atoms with Crippen molar-refractivity contribution < 1.29 is 14.0 Å². The van der Waals surface area contributed by atoms with E-state index in [0.29, 0.717) is 29.6 Å². The summed E-state index contributed by atoms with van der Waals surface area (Å²) in [7, 11) is 3.24. The highest BCUT2D eigenvalue weighted by Crippen LogP contribution is 2.28. The maximum absolute atomic E-state index is 5.38. The van der Waals surface area contributed by atoms with Gasteiger partial charge in [0.2, 0.25) is 0 Å². The molecule has 0 saturated heterocycles. The topological polar surface area (TPSA) is 57.4 Å². The van der Waals surface area contributed by atoms with E-state index < -0.39 is 0 Å². The van der Waals surface area contributed by atoms with Gasteiger partial charge in [-0.15, -0.1) is 0 Å². The van der Waals surface area contributed by atoms with Gasteiger partial charge in [-0.25, -0.2) is 0 Å². The molecule has 2 aromatic carbocycles. The molecule has 5 heteroatoms. The summed E-state index contributed by atoms with van der Waals surface area (Å²) in [5, 5.41) is 4.07. The summed E-state index contributed by atoms with van der Waals surface area (Å²) in [5.74, 6) is 2.56. The molecule has 3 rings (SSSR count). The van der Waals surface area contributed by atoms with E-state index in [9.17, 15) is 0 Å². The van der Waals surface area contributed by atoms with Gasteiger partial charge in [0.1, 0.15) is 0 Å². The van der Waals surface area contributed by atoms with Crippen LogP contribution in [0.4, 0.5) is 0 Å². The Morgan fingerprint density at radius 3 is 2.29 bits per heavy atom. The van der Waals surface area contributed by atoms with Gasteiger partial charge in [0.25, 0.3) is 5.89 Å². The fourth-order valence-corrected chi connectivity index (χ4v) is 2.50. The molecule has 0 unspecified atom stereocenters. The van der Waals surface area contributed by atoms with Crippen molar-refractivity contribution in [2.24, 2.45) is 0 Å². The van der Waals surface area contributed by atoms with Gasteiger partial charge in [0.05, 0.1) is 14.2 Å². The lowest BCUT2D eigenvalue weighted by molar-refractivity contribution is 0.354. The Labute approximate surface area is 141 Å². The maximum atomic E-state index is 5.38. The lowest BCUT2D eigenvalue weighted by Crippen LogP contribution is -1.95. The molecule has 0 aliphatic rings. The fraction of sp³-hybridized carbons (Fsp3) is 0.263. The maximum Gasteiger partial charge on any atom is 0.257 e. The van der Waals surface area contributed by atoms with Crippen molar-refractivity contribution in [2.75, 3.05) is 14.2 Å². The van der Waals surface area contributed by atoms with Gasteiger partial charge in [-0.2, -0.15) is 4.98 Å². The molecule has 0 spiro atoms. The van der Waals surface area contributed by atoms with E-state index in [1.54, 1.807) is 14.2 Å². The van der Waals surface area contributed by atoms with Gasteiger partial charge in [-0.05, 0) is 41.8 Å². The highest BCUT2D eigenvalue weighted by atomic mass is 16.5. The third-order valence-electron chi connectivity index (χ3n) is 3.89. The first-order valence-electron chi connectivity index (χ1n) is 7.86. The van der Waals surface area contributed by atoms with Gasteiger partial charge in [0, 0.05) is 12.0 Å². The van der Waals surface area contributed by atoms with Crippen molar-refractivity contribution in [2.45, 2.75) is 19.8 Å². The minimum absolute atomic E-state index is 0.535. The van der Waals surface area contributed by atoms with Crippen LogP contribution in [0.15, 0.2) is 47.0 Å². The zero-order valence-electron chi connectivity index (χ0n) is 14.1. The summed E-state index contributed by atoms with van der Waals surface area (Å²) in [5.41, 5.74) is 3.24. The van der Waals surface area contributed by atoms with E-state index in [1.165, 1.54) is 5.56 Å². The molecular formula is C19H20N2O3. The van der Waals surface area contributed by atoms with E-state index in [-0.39, 0.29) is 0 Å². The molecule has 124 valence electrons. The van der Waals surface area contributed by atoms with Gasteiger partial charge in [0.15, 0.2) is 17.3 Å². The molecule has 24 heavy (non-hydrogen) atoms. The smallest absolute Gasteiger partial charge is 0.257 e. The number of ether oxygens (including phenoxy) is 2. The fourth-order valence-electron chi connectivity index (χ4n) is 2.50. The Morgan fingerprint density at radius 1 is 0.917 bits per heavy atom. The molecule has 0 bridgehead atoms. The van der Waals surface area contributed by atoms with Crippen LogP contribution in [0.2, 0.25) is 0 Å². The Kier molecular flexibility index (Phi) is 4.79. The number of hydrogen-bond acceptors (Lipinski definition) is 5. The molecule has 1 heterocycles. The molecule has 0 radical (unpaired) electrons. The van der Waals surface area contributed by atoms with E-state index in [0.717, 1.165) is 17.5 Å². The summed E-state index contributed by atoms with van der Waals surface area (Å²) in [6, 6.07) is 13.9. The van der Waals surface area contributed by atoms with Crippen molar-refractivity contribution in [1.82, 2.24) is 10.1 Å². The number of aromatic nitrogens is 2. The van der Waals surface area contributed by atoms with E-state index in [4.69, 9.17) is 14.0 Å². The minimum atomic E-state index is 0.535. The third-order valence-corrected chi connectivity index (χ3v) is 3.89. The average molecular weight is 324 g/mol. The summed E-state index contributed by atoms with van der Waals surface area (Å²) in [4.78, 5) is 4.48. The zero-order chi connectivity index (χ0) is 16.9. The standard InChI is InChI=1S/C19H20N2O3/c1-4-13-5-8-15(9-6-13)19-20-18(21-24-19)12-14-7-10-16(22-2)17(11-14)23-3/h5-11H,4,12H2,1-3H3. The summed E-state index contributed by atoms with van der Waals surface area (Å²) in [6.45, 7) is 2.13. The second-order valence-electron chi connectivity index (χ2n) is 5.43. The highest BCUT2D eigenvalue weighted by Gasteiger charge is 2.11. The number of hydrogen-bond donors (Lipinski definition) is 0. The molecule has 3 aromatic rings. The Bertz CT molecular complexity index is 810. The number of nitrogens with zero attached hydrogens (tertiary/aromatic N) is 2. The lowest BCUT2D eigenvalue weighted by atomic mass is 10.1. The number of aryl methyl sites for hydroxylation is 1. The van der Waals surface area contributed by atoms with Crippen molar-refractivity contribution in [1.29, 1.82) is 0 Å². The lowest BCUT2D eigenvalue weighted by Gasteiger charge is -2.08. The van der Waals surface area contributed by atoms with Crippen LogP contribution >= 0.6 is 0 Å². The van der Waals surface area contributed by atoms with Crippen LogP contribution < -0.4 is 9.47 Å². The first kappa shape index (κ1) is 16.1. The SMILES string of the molecule is CCc1ccc(-c2nc(Cc3ccc(OC)c(OC)c3)no2)cc1. The van der Waals surface area contributed by atoms with Crippen molar-refractivity contribution in [3.8, 4) is 23.0 Å². The van der Waals surface area contributed by atoms with Gasteiger partial charge in [-0.1, -0.05) is 30.3 Å². The van der Waals surface area contributed by atoms with E-state index in [1.807, 2.05) is 30.3 Å². The van der Waals surface area contributed by atoms with Crippen molar-refractivity contribution in [3.05, 3.63) is 59.4 Å². The van der Waals surface area contributed by atoms with E-state index in [2.05, 4.69) is 29.2 Å². The molecule has 0 atom stereocenters. The van der Waals surface area contributed by atoms with Crippen LogP contribution in [0, 0.1) is 0 Å². The summed E-state index contributed by atoms with van der Waals surface area (Å²) >= 11 is 0. The first-order chi connectivity index (χ1) is 11.7. The molecular weight excluding hydrogens is 304 g/mol. The highest BCUT2D eigenvalue weighted by molar-refractivity contribution is 5.53. The summed E-state index contributed by atoms with van der Waals surface area (Å²) < 4.78 is 15.9. The molecule has 0 fully saturated rings. The molecule has 1 aromatic heterocycles. The Morgan fingerprint density at radius 2 is 1.62 bits per heavy atom. The molecule has 0 N–H and O–H groups in total. The Balaban J connectivity index is 1.78. The summed E-state index contributed by atoms with van der Waals surface area (Å²) in [6.07, 6.45) is 1.57. The van der Waals surface area contributed by atoms with Crippen LogP contribution in [0.5, 0.6) is 11.5 Å². The second kappa shape index (κ2) is 7.17. The third kappa shape index (κ3) is 3.40. The normalized spacial score (nSPS) is 10.6. The van der Waals surface area contributed by atoms with E-state index >= 15 is 0 Å². The largest absolute Gasteiger partial charge is 0.493 e. The molecule has 0 aliphatic heterocycles. The van der Waals surface area contributed by atoms with Crippen molar-refractivity contribution >= 4 is 0 Å². The van der Waals surface area contributed by atoms with Gasteiger partial charge in [-0.3, -0.25) is 0 Å². The molecule has 0 aliphatic carbocycles.